The van der Waals surface area contributed by atoms with Gasteiger partial charge in [-0.25, -0.2) is 4.79 Å². The van der Waals surface area contributed by atoms with Gasteiger partial charge in [-0.2, -0.15) is 8.42 Å². The molecule has 0 aromatic rings. The molecule has 0 spiro atoms. The summed E-state index contributed by atoms with van der Waals surface area (Å²) in [6, 6.07) is 0. The fourth-order valence-electron chi connectivity index (χ4n) is 0.876. The third-order valence-corrected chi connectivity index (χ3v) is 2.40. The summed E-state index contributed by atoms with van der Waals surface area (Å²) in [7, 11) is -3.99. The molecule has 0 fully saturated rings. The fraction of sp³-hybridized carbons (Fsp3) is 0.714. The zero-order valence-electron chi connectivity index (χ0n) is 7.57. The number of rotatable bonds is 5. The van der Waals surface area contributed by atoms with Crippen molar-refractivity contribution in [3.63, 3.8) is 0 Å². The average molecular weight is 231 g/mol. The first-order valence-electron chi connectivity index (χ1n) is 3.66. The van der Waals surface area contributed by atoms with Gasteiger partial charge in [0.25, 0.3) is 10.1 Å². The number of hydrogen-bond donors (Lipinski definition) is 2. The van der Waals surface area contributed by atoms with E-state index in [4.69, 9.17) is 4.55 Å². The Morgan fingerprint density at radius 2 is 2.00 bits per heavy atom. The summed E-state index contributed by atoms with van der Waals surface area (Å²) in [5.41, 5.74) is -0.763. The Balaban J connectivity index is 0. The molecule has 5 nitrogen and oxygen atoms in total. The van der Waals surface area contributed by atoms with E-state index in [0.29, 0.717) is 0 Å². The molecule has 0 saturated heterocycles. The van der Waals surface area contributed by atoms with Crippen molar-refractivity contribution < 1.29 is 17.8 Å². The Morgan fingerprint density at radius 3 is 2.36 bits per heavy atom. The standard InChI is InChI=1S/C7H13NO4S.Na.H/c1-7(2,6-13(10,11)12)8-4-3-5-9;;/h3,8H,4,6H2,1-2H3,(H,10,11,12);;. The summed E-state index contributed by atoms with van der Waals surface area (Å²) in [5.74, 6) is 1.16. The van der Waals surface area contributed by atoms with Crippen LogP contribution in [0, 0.1) is 0 Å². The molecule has 7 heteroatoms. The summed E-state index contributed by atoms with van der Waals surface area (Å²) >= 11 is 0. The molecule has 0 bridgehead atoms. The van der Waals surface area contributed by atoms with Gasteiger partial charge in [0.15, 0.2) is 0 Å². The summed E-state index contributed by atoms with van der Waals surface area (Å²) in [5, 5.41) is 2.76. The van der Waals surface area contributed by atoms with Crippen molar-refractivity contribution in [2.45, 2.75) is 19.4 Å². The van der Waals surface area contributed by atoms with Crippen LogP contribution in [0.25, 0.3) is 0 Å². The molecule has 0 rings (SSSR count). The molecule has 14 heavy (non-hydrogen) atoms. The van der Waals surface area contributed by atoms with E-state index in [1.54, 1.807) is 19.8 Å². The third-order valence-electron chi connectivity index (χ3n) is 1.31. The Hall–Kier alpha value is 0.320. The predicted octanol–water partition coefficient (Wildman–Crippen LogP) is -1.02. The van der Waals surface area contributed by atoms with Crippen molar-refractivity contribution in [2.75, 3.05) is 12.3 Å². The van der Waals surface area contributed by atoms with Gasteiger partial charge in [-0.15, -0.1) is 0 Å². The van der Waals surface area contributed by atoms with E-state index in [1.807, 2.05) is 0 Å². The van der Waals surface area contributed by atoms with Crippen LogP contribution in [0.5, 0.6) is 0 Å². The Labute approximate surface area is 106 Å². The molecule has 0 saturated carbocycles. The van der Waals surface area contributed by atoms with Gasteiger partial charge in [0.05, 0.1) is 5.75 Å². The van der Waals surface area contributed by atoms with Crippen molar-refractivity contribution in [2.24, 2.45) is 0 Å². The minimum atomic E-state index is -3.99. The molecule has 0 unspecified atom stereocenters. The summed E-state index contributed by atoms with van der Waals surface area (Å²) in [6.45, 7) is 3.45. The second-order valence-corrected chi connectivity index (χ2v) is 4.77. The molecular weight excluding hydrogens is 217 g/mol. The van der Waals surface area contributed by atoms with Crippen LogP contribution in [-0.4, -0.2) is 66.3 Å². The van der Waals surface area contributed by atoms with Gasteiger partial charge >= 0.3 is 29.6 Å². The van der Waals surface area contributed by atoms with Gasteiger partial charge < -0.3 is 5.32 Å². The van der Waals surface area contributed by atoms with Gasteiger partial charge in [0.2, 0.25) is 0 Å². The monoisotopic (exact) mass is 231 g/mol. The molecule has 0 atom stereocenters. The quantitative estimate of drug-likeness (QED) is 0.359. The van der Waals surface area contributed by atoms with E-state index in [-0.39, 0.29) is 36.1 Å². The SMILES string of the molecule is CC(C)(CS(=O)(=O)O)NCC=C=O.[NaH]. The molecule has 0 aliphatic rings. The van der Waals surface area contributed by atoms with Crippen molar-refractivity contribution in [3.8, 4) is 0 Å². The van der Waals surface area contributed by atoms with E-state index in [0.717, 1.165) is 0 Å². The topological polar surface area (TPSA) is 83.5 Å². The molecular formula is C7H14NNaO4S. The normalized spacial score (nSPS) is 11.4. The average Bonchev–Trinajstić information content (AvgIpc) is 1.81. The molecule has 0 radical (unpaired) electrons. The van der Waals surface area contributed by atoms with Crippen molar-refractivity contribution in [1.82, 2.24) is 5.32 Å². The summed E-state index contributed by atoms with van der Waals surface area (Å²) in [4.78, 5) is 9.79. The minimum absolute atomic E-state index is 0. The van der Waals surface area contributed by atoms with Gasteiger partial charge in [-0.05, 0) is 13.8 Å². The second-order valence-electron chi connectivity index (χ2n) is 3.31. The first kappa shape index (κ1) is 16.7. The predicted molar refractivity (Wildman–Crippen MR) is 55.9 cm³/mol. The van der Waals surface area contributed by atoms with Gasteiger partial charge in [0, 0.05) is 18.2 Å². The zero-order chi connectivity index (χ0) is 10.5. The first-order chi connectivity index (χ1) is 5.77. The molecule has 0 aliphatic carbocycles. The molecule has 2 N–H and O–H groups in total. The van der Waals surface area contributed by atoms with Crippen molar-refractivity contribution >= 4 is 45.6 Å². The zero-order valence-corrected chi connectivity index (χ0v) is 8.39. The number of nitrogens with one attached hydrogen (secondary N) is 1. The van der Waals surface area contributed by atoms with Gasteiger partial charge in [0.1, 0.15) is 5.94 Å². The van der Waals surface area contributed by atoms with E-state index in [9.17, 15) is 13.2 Å². The Morgan fingerprint density at radius 1 is 1.50 bits per heavy atom. The first-order valence-corrected chi connectivity index (χ1v) is 5.27. The maximum absolute atomic E-state index is 10.5. The molecule has 0 amide bonds. The van der Waals surface area contributed by atoms with Crippen LogP contribution in [0.3, 0.4) is 0 Å². The van der Waals surface area contributed by atoms with Crippen LogP contribution < -0.4 is 5.32 Å². The van der Waals surface area contributed by atoms with Crippen LogP contribution in [0.2, 0.25) is 0 Å². The molecule has 78 valence electrons. The van der Waals surface area contributed by atoms with E-state index < -0.39 is 21.4 Å². The molecule has 0 aliphatic heterocycles. The van der Waals surface area contributed by atoms with Crippen LogP contribution in [0.15, 0.2) is 6.08 Å². The molecule has 0 aromatic carbocycles. The summed E-state index contributed by atoms with van der Waals surface area (Å²) in [6.07, 6.45) is 1.20. The third kappa shape index (κ3) is 10.4. The number of hydrogen-bond acceptors (Lipinski definition) is 4. The fourth-order valence-corrected chi connectivity index (χ4v) is 1.89. The van der Waals surface area contributed by atoms with Crippen LogP contribution >= 0.6 is 0 Å². The van der Waals surface area contributed by atoms with Crippen molar-refractivity contribution in [1.29, 1.82) is 0 Å². The summed E-state index contributed by atoms with van der Waals surface area (Å²) < 4.78 is 29.6. The van der Waals surface area contributed by atoms with Gasteiger partial charge in [-0.3, -0.25) is 4.55 Å². The van der Waals surface area contributed by atoms with Crippen LogP contribution in [-0.2, 0) is 14.9 Å². The van der Waals surface area contributed by atoms with E-state index in [2.05, 4.69) is 5.32 Å². The Kier molecular flexibility index (Phi) is 8.06. The van der Waals surface area contributed by atoms with E-state index in [1.165, 1.54) is 6.08 Å². The van der Waals surface area contributed by atoms with E-state index >= 15 is 0 Å². The molecule has 0 aromatic heterocycles. The molecule has 0 heterocycles. The van der Waals surface area contributed by atoms with Crippen LogP contribution in [0.4, 0.5) is 0 Å². The number of carbonyl (C=O) groups excluding carboxylic acids is 1. The van der Waals surface area contributed by atoms with Crippen LogP contribution in [0.1, 0.15) is 13.8 Å². The maximum atomic E-state index is 10.5. The van der Waals surface area contributed by atoms with Gasteiger partial charge in [-0.1, -0.05) is 0 Å². The Bertz CT molecular complexity index is 306. The van der Waals surface area contributed by atoms with Crippen molar-refractivity contribution in [3.05, 3.63) is 6.08 Å². The second kappa shape index (κ2) is 6.74.